The maximum Gasteiger partial charge on any atom is 0.255 e. The third kappa shape index (κ3) is 2.75. The molecule has 88 valence electrons. The van der Waals surface area contributed by atoms with Gasteiger partial charge in [-0.15, -0.1) is 0 Å². The lowest BCUT2D eigenvalue weighted by molar-refractivity contribution is 0.0938. The number of amides is 1. The Hall–Kier alpha value is -1.60. The van der Waals surface area contributed by atoms with Gasteiger partial charge in [-0.1, -0.05) is 11.6 Å². The molecule has 3 nitrogen and oxygen atoms in total. The van der Waals surface area contributed by atoms with Gasteiger partial charge in [0, 0.05) is 5.02 Å². The predicted molar refractivity (Wildman–Crippen MR) is 61.0 cm³/mol. The summed E-state index contributed by atoms with van der Waals surface area (Å²) in [6.45, 7) is 0. The Morgan fingerprint density at radius 1 is 1.59 bits per heavy atom. The highest BCUT2D eigenvalue weighted by molar-refractivity contribution is 6.30. The number of hydrogen-bond acceptors (Lipinski definition) is 2. The Morgan fingerprint density at radius 3 is 2.82 bits per heavy atom. The summed E-state index contributed by atoms with van der Waals surface area (Å²) in [7, 11) is 0. The summed E-state index contributed by atoms with van der Waals surface area (Å²) in [4.78, 5) is 11.7. The van der Waals surface area contributed by atoms with Crippen molar-refractivity contribution in [3.05, 3.63) is 34.6 Å². The van der Waals surface area contributed by atoms with Gasteiger partial charge >= 0.3 is 0 Å². The van der Waals surface area contributed by atoms with Crippen molar-refractivity contribution in [1.82, 2.24) is 5.32 Å². The molecule has 0 bridgehead atoms. The number of hydrogen-bond donors (Lipinski definition) is 1. The number of nitrogens with one attached hydrogen (secondary N) is 1. The molecule has 0 aromatic heterocycles. The second kappa shape index (κ2) is 4.72. The molecule has 1 N–H and O–H groups in total. The highest BCUT2D eigenvalue weighted by atomic mass is 35.5. The number of benzene rings is 1. The molecule has 5 heteroatoms. The predicted octanol–water partition coefficient (Wildman–Crippen LogP) is 2.51. The summed E-state index contributed by atoms with van der Waals surface area (Å²) in [5, 5.41) is 11.6. The van der Waals surface area contributed by atoms with Gasteiger partial charge in [0.1, 0.15) is 11.9 Å². The van der Waals surface area contributed by atoms with Crippen LogP contribution in [0.25, 0.3) is 0 Å². The van der Waals surface area contributed by atoms with Gasteiger partial charge in [0.15, 0.2) is 0 Å². The molecule has 0 radical (unpaired) electrons. The van der Waals surface area contributed by atoms with E-state index in [2.05, 4.69) is 5.32 Å². The molecular formula is C12H10ClFN2O. The van der Waals surface area contributed by atoms with E-state index < -0.39 is 17.8 Å². The van der Waals surface area contributed by atoms with Crippen LogP contribution < -0.4 is 5.32 Å². The van der Waals surface area contributed by atoms with Crippen molar-refractivity contribution in [3.8, 4) is 6.07 Å². The minimum Gasteiger partial charge on any atom is -0.336 e. The molecule has 17 heavy (non-hydrogen) atoms. The molecular weight excluding hydrogens is 243 g/mol. The topological polar surface area (TPSA) is 52.9 Å². The summed E-state index contributed by atoms with van der Waals surface area (Å²) < 4.78 is 13.4. The molecule has 0 aliphatic heterocycles. The highest BCUT2D eigenvalue weighted by Crippen LogP contribution is 2.32. The van der Waals surface area contributed by atoms with Crippen LogP contribution in [0.3, 0.4) is 0 Å². The average Bonchev–Trinajstić information content (AvgIpc) is 3.09. The first-order valence-electron chi connectivity index (χ1n) is 5.27. The van der Waals surface area contributed by atoms with Gasteiger partial charge in [0.2, 0.25) is 0 Å². The molecule has 1 amide bonds. The van der Waals surface area contributed by atoms with Crippen LogP contribution in [0.15, 0.2) is 18.2 Å². The molecule has 1 atom stereocenters. The van der Waals surface area contributed by atoms with E-state index in [9.17, 15) is 9.18 Å². The Balaban J connectivity index is 2.11. The maximum absolute atomic E-state index is 13.4. The first-order valence-corrected chi connectivity index (χ1v) is 5.65. The maximum atomic E-state index is 13.4. The molecule has 1 saturated carbocycles. The largest absolute Gasteiger partial charge is 0.336 e. The first-order chi connectivity index (χ1) is 8.11. The number of rotatable bonds is 3. The van der Waals surface area contributed by atoms with E-state index in [-0.39, 0.29) is 16.5 Å². The van der Waals surface area contributed by atoms with E-state index in [1.807, 2.05) is 6.07 Å². The van der Waals surface area contributed by atoms with Gasteiger partial charge in [-0.25, -0.2) is 4.39 Å². The molecule has 1 aromatic carbocycles. The summed E-state index contributed by atoms with van der Waals surface area (Å²) in [6, 6.07) is 5.32. The minimum atomic E-state index is -0.678. The fraction of sp³-hybridized carbons (Fsp3) is 0.333. The standard InChI is InChI=1S/C12H10ClFN2O/c13-8-3-4-9(10(14)5-8)12(17)16-11(6-15)7-1-2-7/h3-5,7,11H,1-2H2,(H,16,17). The number of halogens is 2. The van der Waals surface area contributed by atoms with Gasteiger partial charge in [0.05, 0.1) is 11.6 Å². The average molecular weight is 253 g/mol. The zero-order valence-corrected chi connectivity index (χ0v) is 9.67. The van der Waals surface area contributed by atoms with Crippen molar-refractivity contribution in [1.29, 1.82) is 5.26 Å². The van der Waals surface area contributed by atoms with E-state index in [0.717, 1.165) is 18.9 Å². The number of nitrogens with zero attached hydrogens (tertiary/aromatic N) is 1. The fourth-order valence-electron chi connectivity index (χ4n) is 1.58. The van der Waals surface area contributed by atoms with E-state index in [4.69, 9.17) is 16.9 Å². The Labute approximate surface area is 103 Å². The van der Waals surface area contributed by atoms with E-state index in [0.29, 0.717) is 0 Å². The normalized spacial score (nSPS) is 16.1. The van der Waals surface area contributed by atoms with Crippen LogP contribution in [0, 0.1) is 23.1 Å². The molecule has 1 aromatic rings. The van der Waals surface area contributed by atoms with Gasteiger partial charge < -0.3 is 5.32 Å². The van der Waals surface area contributed by atoms with Crippen molar-refractivity contribution in [2.45, 2.75) is 18.9 Å². The second-order valence-electron chi connectivity index (χ2n) is 4.04. The number of carbonyl (C=O) groups is 1. The molecule has 0 spiro atoms. The third-order valence-corrected chi connectivity index (χ3v) is 2.93. The summed E-state index contributed by atoms with van der Waals surface area (Å²) >= 11 is 5.59. The quantitative estimate of drug-likeness (QED) is 0.899. The number of carbonyl (C=O) groups excluding carboxylic acids is 1. The molecule has 2 rings (SSSR count). The van der Waals surface area contributed by atoms with Crippen molar-refractivity contribution in [2.24, 2.45) is 5.92 Å². The fourth-order valence-corrected chi connectivity index (χ4v) is 1.74. The van der Waals surface area contributed by atoms with Crippen LogP contribution in [-0.4, -0.2) is 11.9 Å². The Kier molecular flexibility index (Phi) is 3.30. The van der Waals surface area contributed by atoms with Crippen LogP contribution in [0.4, 0.5) is 4.39 Å². The smallest absolute Gasteiger partial charge is 0.255 e. The lowest BCUT2D eigenvalue weighted by Crippen LogP contribution is -2.35. The van der Waals surface area contributed by atoms with Crippen LogP contribution in [-0.2, 0) is 0 Å². The second-order valence-corrected chi connectivity index (χ2v) is 4.48. The van der Waals surface area contributed by atoms with Crippen molar-refractivity contribution < 1.29 is 9.18 Å². The van der Waals surface area contributed by atoms with Crippen molar-refractivity contribution in [2.75, 3.05) is 0 Å². The zero-order chi connectivity index (χ0) is 12.4. The van der Waals surface area contributed by atoms with Crippen LogP contribution in [0.2, 0.25) is 5.02 Å². The van der Waals surface area contributed by atoms with E-state index >= 15 is 0 Å². The SMILES string of the molecule is N#CC(NC(=O)c1ccc(Cl)cc1F)C1CC1. The van der Waals surface area contributed by atoms with E-state index in [1.54, 1.807) is 0 Å². The van der Waals surface area contributed by atoms with Crippen molar-refractivity contribution in [3.63, 3.8) is 0 Å². The van der Waals surface area contributed by atoms with Crippen molar-refractivity contribution >= 4 is 17.5 Å². The van der Waals surface area contributed by atoms with Crippen LogP contribution in [0.5, 0.6) is 0 Å². The van der Waals surface area contributed by atoms with Crippen LogP contribution >= 0.6 is 11.6 Å². The van der Waals surface area contributed by atoms with Gasteiger partial charge in [0.25, 0.3) is 5.91 Å². The van der Waals surface area contributed by atoms with Gasteiger partial charge in [-0.05, 0) is 37.0 Å². The van der Waals surface area contributed by atoms with Crippen LogP contribution in [0.1, 0.15) is 23.2 Å². The molecule has 1 unspecified atom stereocenters. The number of nitriles is 1. The summed E-state index contributed by atoms with van der Waals surface area (Å²) in [5.74, 6) is -1.04. The summed E-state index contributed by atoms with van der Waals surface area (Å²) in [6.07, 6.45) is 1.86. The molecule has 0 saturated heterocycles. The third-order valence-electron chi connectivity index (χ3n) is 2.69. The minimum absolute atomic E-state index is 0.0877. The van der Waals surface area contributed by atoms with Gasteiger partial charge in [-0.2, -0.15) is 5.26 Å². The molecule has 1 aliphatic rings. The monoisotopic (exact) mass is 252 g/mol. The van der Waals surface area contributed by atoms with E-state index in [1.165, 1.54) is 12.1 Å². The Bertz CT molecular complexity index is 494. The summed E-state index contributed by atoms with van der Waals surface area (Å²) in [5.41, 5.74) is -0.0877. The lowest BCUT2D eigenvalue weighted by atomic mass is 10.1. The molecule has 0 heterocycles. The first kappa shape index (κ1) is 11.9. The lowest BCUT2D eigenvalue weighted by Gasteiger charge is -2.10. The molecule has 1 fully saturated rings. The van der Waals surface area contributed by atoms with Gasteiger partial charge in [-0.3, -0.25) is 4.79 Å². The molecule has 1 aliphatic carbocycles. The Morgan fingerprint density at radius 2 is 2.29 bits per heavy atom. The zero-order valence-electron chi connectivity index (χ0n) is 8.91. The highest BCUT2D eigenvalue weighted by Gasteiger charge is 2.32.